The van der Waals surface area contributed by atoms with Gasteiger partial charge in [0.25, 0.3) is 11.2 Å². The van der Waals surface area contributed by atoms with Crippen LogP contribution < -0.4 is 19.6 Å². The van der Waals surface area contributed by atoms with Gasteiger partial charge in [-0.2, -0.15) is 0 Å². The Morgan fingerprint density at radius 2 is 2.07 bits per heavy atom. The molecule has 0 fully saturated rings. The van der Waals surface area contributed by atoms with E-state index in [1.165, 1.54) is 29.9 Å². The lowest BCUT2D eigenvalue weighted by atomic mass is 10.0. The van der Waals surface area contributed by atoms with Gasteiger partial charge in [0.1, 0.15) is 17.6 Å². The SMILES string of the molecule is CCOC(=O)C1=C(C)N=c2s/c(=C\c3cc(Br)c(O)c(OC)c3)c(=O)n2[C@@H]1c1ccc(-c2cc([N+](=O)[O-])ccc2Cl)o1. The maximum absolute atomic E-state index is 13.9. The molecule has 0 aliphatic carbocycles. The van der Waals surface area contributed by atoms with E-state index in [4.69, 9.17) is 25.5 Å². The number of nitrogens with zero attached hydrogens (tertiary/aromatic N) is 3. The van der Waals surface area contributed by atoms with Crippen molar-refractivity contribution in [2.75, 3.05) is 13.7 Å². The maximum Gasteiger partial charge on any atom is 0.338 e. The lowest BCUT2D eigenvalue weighted by Crippen LogP contribution is -2.39. The number of methoxy groups -OCH3 is 1. The van der Waals surface area contributed by atoms with Crippen LogP contribution in [0.4, 0.5) is 5.69 Å². The van der Waals surface area contributed by atoms with Crippen molar-refractivity contribution < 1.29 is 28.7 Å². The molecule has 2 aromatic carbocycles. The number of carbonyl (C=O) groups is 1. The second kappa shape index (κ2) is 11.6. The number of phenols is 1. The molecule has 4 aromatic rings. The number of furan rings is 1. The average molecular weight is 675 g/mol. The average Bonchev–Trinajstić information content (AvgIpc) is 3.55. The van der Waals surface area contributed by atoms with E-state index in [9.17, 15) is 24.8 Å². The number of non-ortho nitro benzene ring substituents is 1. The molecule has 14 heteroatoms. The minimum absolute atomic E-state index is 0.0803. The zero-order valence-corrected chi connectivity index (χ0v) is 25.4. The first-order valence-corrected chi connectivity index (χ1v) is 14.3. The van der Waals surface area contributed by atoms with Gasteiger partial charge in [-0.05, 0) is 71.7 Å². The van der Waals surface area contributed by atoms with E-state index in [-0.39, 0.29) is 51.5 Å². The fourth-order valence-corrected chi connectivity index (χ4v) is 6.22. The molecule has 0 saturated carbocycles. The van der Waals surface area contributed by atoms with Gasteiger partial charge in [0, 0.05) is 17.7 Å². The number of hydrogen-bond acceptors (Lipinski definition) is 10. The van der Waals surface area contributed by atoms with Gasteiger partial charge in [0.15, 0.2) is 16.3 Å². The number of nitro benzene ring substituents is 1. The van der Waals surface area contributed by atoms with Crippen molar-refractivity contribution in [1.29, 1.82) is 0 Å². The molecule has 11 nitrogen and oxygen atoms in total. The predicted molar refractivity (Wildman–Crippen MR) is 159 cm³/mol. The van der Waals surface area contributed by atoms with Crippen LogP contribution in [0.1, 0.15) is 31.2 Å². The summed E-state index contributed by atoms with van der Waals surface area (Å²) in [5.41, 5.74) is 0.658. The number of fused-ring (bicyclic) bond motifs is 1. The molecule has 0 amide bonds. The number of halogens is 2. The minimum Gasteiger partial charge on any atom is -0.503 e. The number of esters is 1. The molecule has 1 aliphatic heterocycles. The van der Waals surface area contributed by atoms with E-state index < -0.39 is 22.5 Å². The Morgan fingerprint density at radius 3 is 2.76 bits per heavy atom. The summed E-state index contributed by atoms with van der Waals surface area (Å²) in [6, 6.07) is 9.26. The Labute approximate surface area is 254 Å². The van der Waals surface area contributed by atoms with E-state index >= 15 is 0 Å². The molecule has 1 aliphatic rings. The smallest absolute Gasteiger partial charge is 0.338 e. The molecule has 0 spiro atoms. The monoisotopic (exact) mass is 673 g/mol. The van der Waals surface area contributed by atoms with E-state index in [0.29, 0.717) is 25.1 Å². The number of nitro groups is 1. The van der Waals surface area contributed by atoms with Crippen LogP contribution in [-0.2, 0) is 9.53 Å². The third-order valence-corrected chi connectivity index (χ3v) is 8.32. The molecular weight excluding hydrogens is 654 g/mol. The molecular formula is C28H21BrClN3O8S. The Kier molecular flexibility index (Phi) is 8.08. The molecule has 2 aromatic heterocycles. The van der Waals surface area contributed by atoms with Crippen LogP contribution >= 0.6 is 38.9 Å². The lowest BCUT2D eigenvalue weighted by molar-refractivity contribution is -0.384. The van der Waals surface area contributed by atoms with Crippen LogP contribution in [0, 0.1) is 10.1 Å². The highest BCUT2D eigenvalue weighted by molar-refractivity contribution is 9.10. The van der Waals surface area contributed by atoms with Crippen LogP contribution in [-0.4, -0.2) is 34.3 Å². The number of aromatic hydroxyl groups is 1. The van der Waals surface area contributed by atoms with E-state index in [2.05, 4.69) is 20.9 Å². The molecule has 216 valence electrons. The summed E-state index contributed by atoms with van der Waals surface area (Å²) in [7, 11) is 1.41. The van der Waals surface area contributed by atoms with Crippen molar-refractivity contribution in [1.82, 2.24) is 4.57 Å². The number of aromatic nitrogens is 1. The first kappa shape index (κ1) is 29.3. The van der Waals surface area contributed by atoms with Crippen LogP contribution in [0.2, 0.25) is 5.02 Å². The lowest BCUT2D eigenvalue weighted by Gasteiger charge is -2.22. The second-order valence-electron chi connectivity index (χ2n) is 8.98. The number of ether oxygens (including phenoxy) is 2. The predicted octanol–water partition coefficient (Wildman–Crippen LogP) is 5.10. The molecule has 0 radical (unpaired) electrons. The number of carbonyl (C=O) groups excluding carboxylic acids is 1. The molecule has 0 saturated heterocycles. The van der Waals surface area contributed by atoms with Crippen LogP contribution in [0.25, 0.3) is 17.4 Å². The van der Waals surface area contributed by atoms with Crippen molar-refractivity contribution in [2.24, 2.45) is 4.99 Å². The fraction of sp³-hybridized carbons (Fsp3) is 0.179. The molecule has 5 rings (SSSR count). The van der Waals surface area contributed by atoms with Crippen molar-refractivity contribution in [3.8, 4) is 22.8 Å². The van der Waals surface area contributed by atoms with Gasteiger partial charge >= 0.3 is 5.97 Å². The number of benzene rings is 2. The van der Waals surface area contributed by atoms with Gasteiger partial charge in [0.05, 0.1) is 43.9 Å². The first-order valence-electron chi connectivity index (χ1n) is 12.3. The summed E-state index contributed by atoms with van der Waals surface area (Å²) in [5.74, 6) is -0.129. The summed E-state index contributed by atoms with van der Waals surface area (Å²) in [5, 5.41) is 21.7. The van der Waals surface area contributed by atoms with Crippen LogP contribution in [0.15, 0.2) is 72.4 Å². The van der Waals surface area contributed by atoms with E-state index in [0.717, 1.165) is 11.3 Å². The highest BCUT2D eigenvalue weighted by Crippen LogP contribution is 2.38. The van der Waals surface area contributed by atoms with E-state index in [1.54, 1.807) is 44.2 Å². The topological polar surface area (TPSA) is 146 Å². The molecule has 1 atom stereocenters. The highest BCUT2D eigenvalue weighted by atomic mass is 79.9. The maximum atomic E-state index is 13.9. The Morgan fingerprint density at radius 1 is 1.31 bits per heavy atom. The molecule has 3 heterocycles. The number of hydrogen-bond donors (Lipinski definition) is 1. The molecule has 1 N–H and O–H groups in total. The zero-order valence-electron chi connectivity index (χ0n) is 22.2. The molecule has 42 heavy (non-hydrogen) atoms. The fourth-order valence-electron chi connectivity index (χ4n) is 4.50. The Bertz CT molecular complexity index is 1980. The number of thiazole rings is 1. The second-order valence-corrected chi connectivity index (χ2v) is 11.2. The molecule has 0 bridgehead atoms. The number of rotatable bonds is 7. The quantitative estimate of drug-likeness (QED) is 0.162. The standard InChI is InChI=1S/C28H21BrClN3O8S/c1-4-40-27(36)23-13(2)31-28-32(26(35)22(42-28)11-14-9-17(29)25(34)21(10-14)39-3)24(23)20-8-7-19(41-20)16-12-15(33(37)38)5-6-18(16)30/h5-12,24,34H,4H2,1-3H3/b22-11-/t24-/m1/s1. The summed E-state index contributed by atoms with van der Waals surface area (Å²) in [4.78, 5) is 42.7. The van der Waals surface area contributed by atoms with Crippen molar-refractivity contribution >= 4 is 56.6 Å². The Balaban J connectivity index is 1.70. The summed E-state index contributed by atoms with van der Waals surface area (Å²) < 4.78 is 18.7. The molecule has 0 unspecified atom stereocenters. The van der Waals surface area contributed by atoms with Gasteiger partial charge < -0.3 is 19.0 Å². The third-order valence-electron chi connectivity index (χ3n) is 6.41. The van der Waals surface area contributed by atoms with Gasteiger partial charge in [-0.3, -0.25) is 19.5 Å². The van der Waals surface area contributed by atoms with E-state index in [1.807, 2.05) is 0 Å². The number of allylic oxidation sites excluding steroid dienone is 1. The van der Waals surface area contributed by atoms with Gasteiger partial charge in [0.2, 0.25) is 0 Å². The Hall–Kier alpha value is -4.20. The normalized spacial score (nSPS) is 14.9. The van der Waals surface area contributed by atoms with Crippen molar-refractivity contribution in [3.63, 3.8) is 0 Å². The first-order chi connectivity index (χ1) is 20.0. The van der Waals surface area contributed by atoms with Crippen molar-refractivity contribution in [3.05, 3.63) is 104 Å². The van der Waals surface area contributed by atoms with Crippen LogP contribution in [0.3, 0.4) is 0 Å². The minimum atomic E-state index is -1.05. The third kappa shape index (κ3) is 5.26. The van der Waals surface area contributed by atoms with Crippen molar-refractivity contribution in [2.45, 2.75) is 19.9 Å². The van der Waals surface area contributed by atoms with Gasteiger partial charge in [-0.25, -0.2) is 9.79 Å². The summed E-state index contributed by atoms with van der Waals surface area (Å²) in [6.07, 6.45) is 1.62. The zero-order chi connectivity index (χ0) is 30.3. The van der Waals surface area contributed by atoms with Gasteiger partial charge in [-0.1, -0.05) is 22.9 Å². The highest BCUT2D eigenvalue weighted by Gasteiger charge is 2.35. The largest absolute Gasteiger partial charge is 0.503 e. The summed E-state index contributed by atoms with van der Waals surface area (Å²) in [6.45, 7) is 3.40. The van der Waals surface area contributed by atoms with Gasteiger partial charge in [-0.15, -0.1) is 0 Å². The summed E-state index contributed by atoms with van der Waals surface area (Å²) >= 11 is 10.7. The van der Waals surface area contributed by atoms with Crippen LogP contribution in [0.5, 0.6) is 11.5 Å². The number of phenolic OH excluding ortho intramolecular Hbond substituents is 1.